The summed E-state index contributed by atoms with van der Waals surface area (Å²) in [6.45, 7) is 1.33. The normalized spacial score (nSPS) is 13.0. The quantitative estimate of drug-likeness (QED) is 0.502. The van der Waals surface area contributed by atoms with Gasteiger partial charge in [0.05, 0.1) is 25.8 Å². The van der Waals surface area contributed by atoms with Crippen LogP contribution in [0.1, 0.15) is 21.5 Å². The monoisotopic (exact) mass is 430 g/mol. The van der Waals surface area contributed by atoms with E-state index in [4.69, 9.17) is 14.2 Å². The van der Waals surface area contributed by atoms with Crippen LogP contribution in [0.2, 0.25) is 0 Å². The largest absolute Gasteiger partial charge is 0.497 e. The molecule has 0 N–H and O–H groups in total. The number of ether oxygens (including phenoxy) is 3. The van der Waals surface area contributed by atoms with Crippen LogP contribution in [0.4, 0.5) is 0 Å². The molecule has 1 atom stereocenters. The van der Waals surface area contributed by atoms with Crippen LogP contribution in [0.15, 0.2) is 83.9 Å². The van der Waals surface area contributed by atoms with Crippen LogP contribution in [0.5, 0.6) is 11.5 Å². The molecular weight excluding hydrogens is 404 g/mol. The molecule has 0 bridgehead atoms. The second kappa shape index (κ2) is 10.0. The minimum absolute atomic E-state index is 0.227. The van der Waals surface area contributed by atoms with Crippen molar-refractivity contribution >= 4 is 11.8 Å². The number of likely N-dealkylation sites (N-methyl/N-ethyl adjacent to an activating group) is 1. The van der Waals surface area contributed by atoms with Crippen LogP contribution in [-0.2, 0) is 11.3 Å². The molecule has 0 aromatic heterocycles. The molecule has 0 aliphatic carbocycles. The van der Waals surface area contributed by atoms with Crippen LogP contribution in [0.3, 0.4) is 0 Å². The molecular formula is C26H26N2O4. The van der Waals surface area contributed by atoms with Crippen molar-refractivity contribution in [1.82, 2.24) is 4.90 Å². The summed E-state index contributed by atoms with van der Waals surface area (Å²) in [4.78, 5) is 19.5. The van der Waals surface area contributed by atoms with E-state index in [-0.39, 0.29) is 6.61 Å². The summed E-state index contributed by atoms with van der Waals surface area (Å²) in [6.07, 6.45) is -0.495. The van der Waals surface area contributed by atoms with Gasteiger partial charge in [0.1, 0.15) is 23.9 Å². The van der Waals surface area contributed by atoms with Crippen molar-refractivity contribution in [2.75, 3.05) is 27.3 Å². The Balaban J connectivity index is 1.47. The fraction of sp³-hybridized carbons (Fsp3) is 0.231. The molecule has 0 radical (unpaired) electrons. The average Bonchev–Trinajstić information content (AvgIpc) is 3.27. The summed E-state index contributed by atoms with van der Waals surface area (Å²) in [5.41, 5.74) is 2.77. The molecule has 6 nitrogen and oxygen atoms in total. The minimum atomic E-state index is -0.495. The third kappa shape index (κ3) is 5.09. The van der Waals surface area contributed by atoms with Crippen molar-refractivity contribution in [2.24, 2.45) is 4.99 Å². The number of nitrogens with zero attached hydrogens (tertiary/aromatic N) is 2. The van der Waals surface area contributed by atoms with Gasteiger partial charge in [-0.15, -0.1) is 0 Å². The van der Waals surface area contributed by atoms with Crippen LogP contribution in [0.25, 0.3) is 0 Å². The number of aliphatic imine (C=N–C) groups is 1. The third-order valence-electron chi connectivity index (χ3n) is 5.28. The number of rotatable bonds is 8. The van der Waals surface area contributed by atoms with Gasteiger partial charge in [-0.1, -0.05) is 42.5 Å². The summed E-state index contributed by atoms with van der Waals surface area (Å²) < 4.78 is 16.9. The zero-order valence-corrected chi connectivity index (χ0v) is 18.2. The van der Waals surface area contributed by atoms with E-state index in [0.717, 1.165) is 17.1 Å². The lowest BCUT2D eigenvalue weighted by molar-refractivity contribution is 0.0130. The van der Waals surface area contributed by atoms with Crippen molar-refractivity contribution in [3.05, 3.63) is 95.6 Å². The topological polar surface area (TPSA) is 60.4 Å². The molecule has 0 saturated carbocycles. The van der Waals surface area contributed by atoms with Gasteiger partial charge >= 0.3 is 5.97 Å². The Kier molecular flexibility index (Phi) is 6.70. The number of hydrogen-bond donors (Lipinski definition) is 0. The molecule has 1 aliphatic heterocycles. The summed E-state index contributed by atoms with van der Waals surface area (Å²) >= 11 is 0. The van der Waals surface area contributed by atoms with Gasteiger partial charge in [-0.3, -0.25) is 4.99 Å². The molecule has 3 aromatic rings. The van der Waals surface area contributed by atoms with E-state index in [1.165, 1.54) is 5.56 Å². The molecule has 1 aliphatic rings. The maximum Gasteiger partial charge on any atom is 0.338 e. The standard InChI is InChI=1S/C26H26N2O4/c1-28(25-24-11-7-6-8-20(24)16-27-25)17-23(18-31-22-9-4-3-5-10-22)32-26(29)19-12-14-21(30-2)15-13-19/h3-15,23H,16-18H2,1-2H3. The first-order valence-electron chi connectivity index (χ1n) is 10.5. The zero-order valence-electron chi connectivity index (χ0n) is 18.2. The molecule has 0 saturated heterocycles. The Morgan fingerprint density at radius 1 is 0.969 bits per heavy atom. The van der Waals surface area contributed by atoms with Crippen LogP contribution in [0, 0.1) is 0 Å². The molecule has 1 heterocycles. The Bertz CT molecular complexity index is 1080. The predicted molar refractivity (Wildman–Crippen MR) is 123 cm³/mol. The number of fused-ring (bicyclic) bond motifs is 1. The lowest BCUT2D eigenvalue weighted by atomic mass is 10.1. The van der Waals surface area contributed by atoms with Crippen molar-refractivity contribution in [3.8, 4) is 11.5 Å². The van der Waals surface area contributed by atoms with Gasteiger partial charge in [-0.25, -0.2) is 4.79 Å². The van der Waals surface area contributed by atoms with E-state index in [1.54, 1.807) is 31.4 Å². The number of hydrogen-bond acceptors (Lipinski definition) is 6. The highest BCUT2D eigenvalue weighted by Gasteiger charge is 2.24. The number of methoxy groups -OCH3 is 1. The molecule has 32 heavy (non-hydrogen) atoms. The number of benzene rings is 3. The van der Waals surface area contributed by atoms with Gasteiger partial charge in [0.2, 0.25) is 0 Å². The summed E-state index contributed by atoms with van der Waals surface area (Å²) in [5.74, 6) is 1.90. The zero-order chi connectivity index (χ0) is 22.3. The maximum atomic E-state index is 12.8. The third-order valence-corrected chi connectivity index (χ3v) is 5.28. The molecule has 0 spiro atoms. The molecule has 1 unspecified atom stereocenters. The second-order valence-electron chi connectivity index (χ2n) is 7.56. The van der Waals surface area contributed by atoms with E-state index < -0.39 is 12.1 Å². The smallest absolute Gasteiger partial charge is 0.338 e. The average molecular weight is 431 g/mol. The Labute approximate surface area is 188 Å². The summed E-state index contributed by atoms with van der Waals surface area (Å²) in [5, 5.41) is 0. The summed E-state index contributed by atoms with van der Waals surface area (Å²) in [6, 6.07) is 24.5. The lowest BCUT2D eigenvalue weighted by Gasteiger charge is -2.26. The van der Waals surface area contributed by atoms with Crippen molar-refractivity contribution in [2.45, 2.75) is 12.6 Å². The Morgan fingerprint density at radius 2 is 1.69 bits per heavy atom. The lowest BCUT2D eigenvalue weighted by Crippen LogP contribution is -2.39. The Morgan fingerprint density at radius 3 is 2.44 bits per heavy atom. The minimum Gasteiger partial charge on any atom is -0.497 e. The number of carbonyl (C=O) groups is 1. The predicted octanol–water partition coefficient (Wildman–Crippen LogP) is 4.19. The van der Waals surface area contributed by atoms with Crippen LogP contribution < -0.4 is 9.47 Å². The highest BCUT2D eigenvalue weighted by atomic mass is 16.6. The molecule has 0 fully saturated rings. The molecule has 164 valence electrons. The fourth-order valence-electron chi connectivity index (χ4n) is 3.62. The van der Waals surface area contributed by atoms with E-state index >= 15 is 0 Å². The van der Waals surface area contributed by atoms with Crippen molar-refractivity contribution < 1.29 is 19.0 Å². The number of amidine groups is 1. The van der Waals surface area contributed by atoms with Crippen molar-refractivity contribution in [3.63, 3.8) is 0 Å². The van der Waals surface area contributed by atoms with Crippen molar-refractivity contribution in [1.29, 1.82) is 0 Å². The molecule has 6 heteroatoms. The first kappa shape index (κ1) is 21.4. The maximum absolute atomic E-state index is 12.8. The second-order valence-corrected chi connectivity index (χ2v) is 7.56. The van der Waals surface area contributed by atoms with Gasteiger partial charge in [-0.05, 0) is 42.0 Å². The Hall–Kier alpha value is -3.80. The van der Waals surface area contributed by atoms with E-state index in [2.05, 4.69) is 17.1 Å². The van der Waals surface area contributed by atoms with E-state index in [0.29, 0.717) is 24.4 Å². The summed E-state index contributed by atoms with van der Waals surface area (Å²) in [7, 11) is 3.54. The number of carbonyl (C=O) groups excluding carboxylic acids is 1. The fourth-order valence-corrected chi connectivity index (χ4v) is 3.62. The molecule has 4 rings (SSSR count). The van der Waals surface area contributed by atoms with Gasteiger partial charge in [0, 0.05) is 12.6 Å². The number of esters is 1. The van der Waals surface area contributed by atoms with E-state index in [1.807, 2.05) is 54.4 Å². The van der Waals surface area contributed by atoms with E-state index in [9.17, 15) is 4.79 Å². The SMILES string of the molecule is COc1ccc(C(=O)OC(COc2ccccc2)CN(C)C2=NCc3ccccc32)cc1. The molecule has 3 aromatic carbocycles. The molecule has 0 amide bonds. The number of para-hydroxylation sites is 1. The van der Waals surface area contributed by atoms with Gasteiger partial charge in [0.25, 0.3) is 0 Å². The highest BCUT2D eigenvalue weighted by molar-refractivity contribution is 6.01. The first-order valence-corrected chi connectivity index (χ1v) is 10.5. The van der Waals surface area contributed by atoms with Gasteiger partial charge in [0.15, 0.2) is 6.10 Å². The highest BCUT2D eigenvalue weighted by Crippen LogP contribution is 2.21. The van der Waals surface area contributed by atoms with Gasteiger partial charge in [-0.2, -0.15) is 0 Å². The van der Waals surface area contributed by atoms with Crippen LogP contribution >= 0.6 is 0 Å². The van der Waals surface area contributed by atoms with Gasteiger partial charge < -0.3 is 19.1 Å². The first-order chi connectivity index (χ1) is 15.6. The van der Waals surface area contributed by atoms with Crippen LogP contribution in [-0.4, -0.2) is 50.1 Å².